The number of morpholine rings is 2. The van der Waals surface area contributed by atoms with Gasteiger partial charge < -0.3 is 30.4 Å². The van der Waals surface area contributed by atoms with Crippen LogP contribution in [0.25, 0.3) is 22.0 Å². The van der Waals surface area contributed by atoms with Crippen molar-refractivity contribution in [2.45, 2.75) is 25.0 Å². The Labute approximate surface area is 193 Å². The lowest BCUT2D eigenvalue weighted by Crippen LogP contribution is -2.38. The molecule has 2 saturated heterocycles. The number of H-pyrrole nitrogens is 1. The van der Waals surface area contributed by atoms with Crippen LogP contribution in [0.3, 0.4) is 0 Å². The monoisotopic (exact) mass is 449 g/mol. The number of amides is 1. The van der Waals surface area contributed by atoms with E-state index in [1.54, 1.807) is 0 Å². The van der Waals surface area contributed by atoms with Crippen LogP contribution in [0.2, 0.25) is 0 Å². The minimum absolute atomic E-state index is 0.00342. The van der Waals surface area contributed by atoms with E-state index in [4.69, 9.17) is 9.47 Å². The lowest BCUT2D eigenvalue weighted by molar-refractivity contribution is 0.0225. The van der Waals surface area contributed by atoms with E-state index in [-0.39, 0.29) is 18.1 Å². The van der Waals surface area contributed by atoms with Gasteiger partial charge in [-0.1, -0.05) is 12.1 Å². The molecule has 2 aromatic heterocycles. The van der Waals surface area contributed by atoms with Gasteiger partial charge in [-0.2, -0.15) is 0 Å². The molecule has 4 N–H and O–H groups in total. The van der Waals surface area contributed by atoms with Gasteiger partial charge in [-0.3, -0.25) is 9.78 Å². The van der Waals surface area contributed by atoms with Crippen molar-refractivity contribution in [3.8, 4) is 11.1 Å². The second-order valence-corrected chi connectivity index (χ2v) is 8.59. The molecule has 3 aromatic rings. The maximum absolute atomic E-state index is 12.6. The third-order valence-electron chi connectivity index (χ3n) is 6.29. The van der Waals surface area contributed by atoms with E-state index in [0.29, 0.717) is 18.7 Å². The van der Waals surface area contributed by atoms with Crippen LogP contribution in [0, 0.1) is 0 Å². The van der Waals surface area contributed by atoms with Gasteiger partial charge in [-0.25, -0.2) is 0 Å². The molecule has 4 heterocycles. The Kier molecular flexibility index (Phi) is 6.97. The van der Waals surface area contributed by atoms with Gasteiger partial charge in [-0.15, -0.1) is 0 Å². The smallest absolute Gasteiger partial charge is 0.251 e. The number of hydrogen-bond acceptors (Lipinski definition) is 6. The molecule has 2 unspecified atom stereocenters. The maximum atomic E-state index is 12.6. The molecule has 5 rings (SSSR count). The number of pyridine rings is 1. The summed E-state index contributed by atoms with van der Waals surface area (Å²) < 4.78 is 11.5. The van der Waals surface area contributed by atoms with Crippen LogP contribution in [0.5, 0.6) is 0 Å². The first-order valence-corrected chi connectivity index (χ1v) is 11.8. The Hall–Kier alpha value is -2.78. The second kappa shape index (κ2) is 10.4. The lowest BCUT2D eigenvalue weighted by atomic mass is 10.0. The van der Waals surface area contributed by atoms with E-state index in [2.05, 4.69) is 32.0 Å². The fourth-order valence-corrected chi connectivity index (χ4v) is 4.46. The van der Waals surface area contributed by atoms with E-state index >= 15 is 0 Å². The highest BCUT2D eigenvalue weighted by molar-refractivity contribution is 6.01. The predicted octanol–water partition coefficient (Wildman–Crippen LogP) is 2.39. The minimum atomic E-state index is -0.0529. The first-order valence-electron chi connectivity index (χ1n) is 11.8. The number of fused-ring (bicyclic) bond motifs is 1. The Balaban J connectivity index is 1.20. The molecule has 8 heteroatoms. The summed E-state index contributed by atoms with van der Waals surface area (Å²) in [6.07, 6.45) is 5.96. The zero-order valence-electron chi connectivity index (χ0n) is 18.7. The van der Waals surface area contributed by atoms with E-state index in [1.165, 1.54) is 0 Å². The van der Waals surface area contributed by atoms with E-state index in [9.17, 15) is 4.79 Å². The highest BCUT2D eigenvalue weighted by Crippen LogP contribution is 2.29. The van der Waals surface area contributed by atoms with Crippen molar-refractivity contribution in [1.82, 2.24) is 25.9 Å². The summed E-state index contributed by atoms with van der Waals surface area (Å²) in [6, 6.07) is 9.90. The quantitative estimate of drug-likeness (QED) is 0.414. The number of carbonyl (C=O) groups is 1. The number of hydrogen-bond donors (Lipinski definition) is 4. The van der Waals surface area contributed by atoms with E-state index in [1.807, 2.05) is 36.7 Å². The summed E-state index contributed by atoms with van der Waals surface area (Å²) in [7, 11) is 0. The summed E-state index contributed by atoms with van der Waals surface area (Å²) in [5.74, 6) is -0.0529. The number of nitrogens with zero attached hydrogens (tertiary/aromatic N) is 1. The summed E-state index contributed by atoms with van der Waals surface area (Å²) in [5.41, 5.74) is 4.63. The lowest BCUT2D eigenvalue weighted by Gasteiger charge is -2.23. The molecule has 174 valence electrons. The largest absolute Gasteiger partial charge is 0.376 e. The van der Waals surface area contributed by atoms with Crippen LogP contribution in [0.15, 0.2) is 42.7 Å². The van der Waals surface area contributed by atoms with Crippen molar-refractivity contribution in [3.05, 3.63) is 54.0 Å². The Bertz CT molecular complexity index is 1070. The molecule has 1 aromatic carbocycles. The maximum Gasteiger partial charge on any atom is 0.251 e. The summed E-state index contributed by atoms with van der Waals surface area (Å²) >= 11 is 0. The van der Waals surface area contributed by atoms with Crippen molar-refractivity contribution >= 4 is 16.8 Å². The van der Waals surface area contributed by atoms with Crippen molar-refractivity contribution in [2.75, 3.05) is 45.9 Å². The minimum Gasteiger partial charge on any atom is -0.376 e. The highest BCUT2D eigenvalue weighted by Gasteiger charge is 2.18. The molecule has 0 aliphatic carbocycles. The molecule has 2 atom stereocenters. The third kappa shape index (κ3) is 5.25. The van der Waals surface area contributed by atoms with Crippen LogP contribution < -0.4 is 16.0 Å². The number of benzene rings is 1. The molecule has 8 nitrogen and oxygen atoms in total. The molecular formula is C25H31N5O3. The van der Waals surface area contributed by atoms with Gasteiger partial charge in [-0.05, 0) is 31.0 Å². The molecule has 0 saturated carbocycles. The fraction of sp³-hybridized carbons (Fsp3) is 0.440. The van der Waals surface area contributed by atoms with E-state index < -0.39 is 0 Å². The van der Waals surface area contributed by atoms with E-state index in [0.717, 1.165) is 73.4 Å². The van der Waals surface area contributed by atoms with Crippen LogP contribution >= 0.6 is 0 Å². The van der Waals surface area contributed by atoms with Gasteiger partial charge in [0.25, 0.3) is 5.91 Å². The highest BCUT2D eigenvalue weighted by atomic mass is 16.5. The topological polar surface area (TPSA) is 100 Å². The first kappa shape index (κ1) is 22.0. The first-order chi connectivity index (χ1) is 16.3. The molecule has 0 spiro atoms. The Morgan fingerprint density at radius 1 is 1.09 bits per heavy atom. The molecule has 2 aliphatic rings. The van der Waals surface area contributed by atoms with Crippen LogP contribution in [-0.2, 0) is 9.47 Å². The van der Waals surface area contributed by atoms with Crippen molar-refractivity contribution in [2.24, 2.45) is 0 Å². The van der Waals surface area contributed by atoms with Crippen molar-refractivity contribution in [3.63, 3.8) is 0 Å². The number of rotatable bonds is 7. The summed E-state index contributed by atoms with van der Waals surface area (Å²) in [4.78, 5) is 20.5. The normalized spacial score (nSPS) is 21.2. The SMILES string of the molecule is O=C(NCCCC1CNCCO1)c1ccc2c(-c3ccc(C4CNCCO4)nc3)c[nH]c2c1. The predicted molar refractivity (Wildman–Crippen MR) is 127 cm³/mol. The van der Waals surface area contributed by atoms with Gasteiger partial charge in [0.05, 0.1) is 25.0 Å². The van der Waals surface area contributed by atoms with Crippen molar-refractivity contribution in [1.29, 1.82) is 0 Å². The molecule has 2 fully saturated rings. The Morgan fingerprint density at radius 2 is 1.97 bits per heavy atom. The van der Waals surface area contributed by atoms with Gasteiger partial charge in [0.1, 0.15) is 6.10 Å². The average Bonchev–Trinajstić information content (AvgIpc) is 3.31. The number of ether oxygens (including phenoxy) is 2. The molecule has 33 heavy (non-hydrogen) atoms. The van der Waals surface area contributed by atoms with Crippen LogP contribution in [0.4, 0.5) is 0 Å². The average molecular weight is 450 g/mol. The van der Waals surface area contributed by atoms with Gasteiger partial charge in [0.15, 0.2) is 0 Å². The number of nitrogens with one attached hydrogen (secondary N) is 4. The van der Waals surface area contributed by atoms with Crippen LogP contribution in [0.1, 0.15) is 35.0 Å². The summed E-state index contributed by atoms with van der Waals surface area (Å²) in [6.45, 7) is 5.60. The zero-order valence-corrected chi connectivity index (χ0v) is 18.7. The number of aromatic nitrogens is 2. The van der Waals surface area contributed by atoms with Gasteiger partial charge in [0, 0.05) is 72.7 Å². The standard InChI is InChI=1S/C25H31N5O3/c31-25(28-7-1-2-19-14-26-8-10-32-19)17-3-5-20-21(15-30-23(20)12-17)18-4-6-22(29-13-18)24-16-27-9-11-33-24/h3-6,12-13,15,19,24,26-27,30H,1-2,7-11,14,16H2,(H,28,31). The molecule has 1 amide bonds. The molecule has 0 bridgehead atoms. The Morgan fingerprint density at radius 3 is 2.73 bits per heavy atom. The van der Waals surface area contributed by atoms with Crippen LogP contribution in [-0.4, -0.2) is 67.9 Å². The zero-order chi connectivity index (χ0) is 22.5. The number of aromatic amines is 1. The molecule has 0 radical (unpaired) electrons. The number of carbonyl (C=O) groups excluding carboxylic acids is 1. The van der Waals surface area contributed by atoms with Gasteiger partial charge in [0.2, 0.25) is 0 Å². The second-order valence-electron chi connectivity index (χ2n) is 8.59. The molecule has 2 aliphatic heterocycles. The van der Waals surface area contributed by atoms with Crippen molar-refractivity contribution < 1.29 is 14.3 Å². The summed E-state index contributed by atoms with van der Waals surface area (Å²) in [5, 5.41) is 10.8. The van der Waals surface area contributed by atoms with Gasteiger partial charge >= 0.3 is 0 Å². The molecular weight excluding hydrogens is 418 g/mol. The fourth-order valence-electron chi connectivity index (χ4n) is 4.46. The third-order valence-corrected chi connectivity index (χ3v) is 6.29.